The number of fused-ring (bicyclic) bond motifs is 1. The first kappa shape index (κ1) is 25.4. The predicted octanol–water partition coefficient (Wildman–Crippen LogP) is 6.90. The van der Waals surface area contributed by atoms with Crippen LogP contribution in [0, 0.1) is 11.6 Å². The van der Waals surface area contributed by atoms with Gasteiger partial charge in [-0.25, -0.2) is 8.78 Å². The first-order valence-corrected chi connectivity index (χ1v) is 13.2. The number of rotatable bonds is 7. The van der Waals surface area contributed by atoms with Crippen LogP contribution in [0.2, 0.25) is 16.6 Å². The highest BCUT2D eigenvalue weighted by atomic mass is 32.2. The van der Waals surface area contributed by atoms with Crippen molar-refractivity contribution >= 4 is 29.2 Å². The van der Waals surface area contributed by atoms with Crippen molar-refractivity contribution in [3.8, 4) is 11.5 Å². The van der Waals surface area contributed by atoms with E-state index >= 15 is 0 Å². The third-order valence-corrected chi connectivity index (χ3v) is 12.4. The minimum atomic E-state index is -6.11. The Morgan fingerprint density at radius 3 is 1.87 bits per heavy atom. The van der Waals surface area contributed by atoms with Gasteiger partial charge in [-0.3, -0.25) is 0 Å². The molecule has 4 nitrogen and oxygen atoms in total. The van der Waals surface area contributed by atoms with E-state index in [9.17, 15) is 30.4 Å². The van der Waals surface area contributed by atoms with Gasteiger partial charge >= 0.3 is 15.6 Å². The van der Waals surface area contributed by atoms with Crippen molar-refractivity contribution in [2.75, 3.05) is 0 Å². The lowest BCUT2D eigenvalue weighted by Gasteiger charge is -2.42. The van der Waals surface area contributed by atoms with Gasteiger partial charge in [0, 0.05) is 6.07 Å². The van der Waals surface area contributed by atoms with Crippen LogP contribution in [0.4, 0.5) is 22.0 Å². The maximum atomic E-state index is 14.4. The average Bonchev–Trinajstić information content (AvgIpc) is 2.60. The number of hydrogen-bond acceptors (Lipinski definition) is 4. The SMILES string of the molecule is CC(C)[Si](Oc1cc(OS(=O)(=O)C(F)(F)F)c2c(F)c(F)ccc2c1)(C(C)C)C(C)C. The molecule has 174 valence electrons. The average molecular weight is 485 g/mol. The monoisotopic (exact) mass is 484 g/mol. The van der Waals surface area contributed by atoms with Crippen LogP contribution in [0.3, 0.4) is 0 Å². The van der Waals surface area contributed by atoms with Crippen molar-refractivity contribution in [2.45, 2.75) is 63.7 Å². The molecule has 0 bridgehead atoms. The maximum Gasteiger partial charge on any atom is 0.534 e. The molecule has 11 heteroatoms. The molecule has 0 saturated heterocycles. The second kappa shape index (κ2) is 8.57. The van der Waals surface area contributed by atoms with Gasteiger partial charge in [0.1, 0.15) is 5.75 Å². The molecule has 0 atom stereocenters. The van der Waals surface area contributed by atoms with Crippen molar-refractivity contribution in [1.82, 2.24) is 0 Å². The predicted molar refractivity (Wildman–Crippen MR) is 111 cm³/mol. The van der Waals surface area contributed by atoms with Crippen molar-refractivity contribution < 1.29 is 39.0 Å². The molecule has 0 aliphatic rings. The van der Waals surface area contributed by atoms with Gasteiger partial charge in [0.05, 0.1) is 5.39 Å². The quantitative estimate of drug-likeness (QED) is 0.186. The van der Waals surface area contributed by atoms with Crippen LogP contribution in [0.25, 0.3) is 10.8 Å². The van der Waals surface area contributed by atoms with E-state index in [0.29, 0.717) is 0 Å². The molecular formula is C20H25F5O4SSi. The highest BCUT2D eigenvalue weighted by molar-refractivity contribution is 7.88. The summed E-state index contributed by atoms with van der Waals surface area (Å²) in [6.07, 6.45) is 0. The van der Waals surface area contributed by atoms with E-state index < -0.39 is 46.7 Å². The van der Waals surface area contributed by atoms with E-state index in [1.165, 1.54) is 6.07 Å². The minimum absolute atomic E-state index is 0.0358. The number of alkyl halides is 3. The Balaban J connectivity index is 2.78. The molecule has 0 spiro atoms. The van der Waals surface area contributed by atoms with Crippen LogP contribution in [0.5, 0.6) is 11.5 Å². The fraction of sp³-hybridized carbons (Fsp3) is 0.500. The summed E-state index contributed by atoms with van der Waals surface area (Å²) in [5, 5.41) is -0.769. The molecule has 2 rings (SSSR count). The summed E-state index contributed by atoms with van der Waals surface area (Å²) >= 11 is 0. The van der Waals surface area contributed by atoms with Gasteiger partial charge in [-0.05, 0) is 34.1 Å². The zero-order valence-electron chi connectivity index (χ0n) is 18.0. The summed E-state index contributed by atoms with van der Waals surface area (Å²) in [5.74, 6) is -3.82. The van der Waals surface area contributed by atoms with Crippen molar-refractivity contribution in [3.05, 3.63) is 35.9 Å². The molecule has 0 N–H and O–H groups in total. The Kier molecular flexibility index (Phi) is 7.02. The summed E-state index contributed by atoms with van der Waals surface area (Å²) in [5.41, 5.74) is -5.46. The van der Waals surface area contributed by atoms with Gasteiger partial charge in [-0.1, -0.05) is 47.6 Å². The lowest BCUT2D eigenvalue weighted by atomic mass is 10.1. The van der Waals surface area contributed by atoms with Gasteiger partial charge in [0.2, 0.25) is 0 Å². The van der Waals surface area contributed by atoms with Crippen molar-refractivity contribution in [3.63, 3.8) is 0 Å². The van der Waals surface area contributed by atoms with E-state index in [0.717, 1.165) is 18.2 Å². The Morgan fingerprint density at radius 2 is 1.42 bits per heavy atom. The second-order valence-electron chi connectivity index (χ2n) is 8.28. The smallest absolute Gasteiger partial charge is 0.534 e. The molecule has 0 aliphatic carbocycles. The van der Waals surface area contributed by atoms with Gasteiger partial charge < -0.3 is 8.61 Å². The van der Waals surface area contributed by atoms with E-state index in [1.54, 1.807) is 0 Å². The summed E-state index contributed by atoms with van der Waals surface area (Å²) in [6, 6.07) is 4.14. The van der Waals surface area contributed by atoms with E-state index in [2.05, 4.69) is 4.18 Å². The molecule has 0 aromatic heterocycles. The third-order valence-electron chi connectivity index (χ3n) is 5.43. The highest BCUT2D eigenvalue weighted by Gasteiger charge is 2.49. The maximum absolute atomic E-state index is 14.4. The summed E-state index contributed by atoms with van der Waals surface area (Å²) in [7, 11) is -8.71. The zero-order valence-corrected chi connectivity index (χ0v) is 19.8. The van der Waals surface area contributed by atoms with Crippen LogP contribution in [0.1, 0.15) is 41.5 Å². The molecule has 0 aliphatic heterocycles. The Bertz CT molecular complexity index is 1040. The highest BCUT2D eigenvalue weighted by Crippen LogP contribution is 2.45. The lowest BCUT2D eigenvalue weighted by Crippen LogP contribution is -2.50. The fourth-order valence-corrected chi connectivity index (χ4v) is 9.88. The first-order chi connectivity index (χ1) is 14.0. The second-order valence-corrected chi connectivity index (χ2v) is 15.2. The van der Waals surface area contributed by atoms with Crippen LogP contribution >= 0.6 is 0 Å². The van der Waals surface area contributed by atoms with E-state index in [-0.39, 0.29) is 27.8 Å². The van der Waals surface area contributed by atoms with Gasteiger partial charge in [-0.2, -0.15) is 21.6 Å². The van der Waals surface area contributed by atoms with Crippen molar-refractivity contribution in [1.29, 1.82) is 0 Å². The number of benzene rings is 2. The molecule has 2 aromatic rings. The van der Waals surface area contributed by atoms with Crippen LogP contribution in [0.15, 0.2) is 24.3 Å². The molecule has 0 heterocycles. The Hall–Kier alpha value is -1.88. The van der Waals surface area contributed by atoms with E-state index in [4.69, 9.17) is 4.43 Å². The first-order valence-electron chi connectivity index (χ1n) is 9.66. The topological polar surface area (TPSA) is 52.6 Å². The molecule has 0 unspecified atom stereocenters. The molecule has 0 radical (unpaired) electrons. The minimum Gasteiger partial charge on any atom is -0.543 e. The molecule has 31 heavy (non-hydrogen) atoms. The normalized spacial score (nSPS) is 13.5. The van der Waals surface area contributed by atoms with Crippen molar-refractivity contribution in [2.24, 2.45) is 0 Å². The van der Waals surface area contributed by atoms with Gasteiger partial charge in [0.15, 0.2) is 17.4 Å². The zero-order chi connectivity index (χ0) is 23.9. The standard InChI is InChI=1S/C20H25F5O4SSi/c1-11(2)31(12(3)4,13(5)6)29-15-9-14-7-8-16(21)19(22)18(14)17(10-15)28-30(26,27)20(23,24)25/h7-13H,1-6H3. The summed E-state index contributed by atoms with van der Waals surface area (Å²) in [4.78, 5) is 0. The Morgan fingerprint density at radius 1 is 0.903 bits per heavy atom. The summed E-state index contributed by atoms with van der Waals surface area (Å²) in [6.45, 7) is 11.9. The third kappa shape index (κ3) is 4.67. The van der Waals surface area contributed by atoms with Gasteiger partial charge in [-0.15, -0.1) is 0 Å². The van der Waals surface area contributed by atoms with Crippen LogP contribution < -0.4 is 8.61 Å². The van der Waals surface area contributed by atoms with Crippen LogP contribution in [-0.2, 0) is 10.1 Å². The van der Waals surface area contributed by atoms with Gasteiger partial charge in [0.25, 0.3) is 8.32 Å². The van der Waals surface area contributed by atoms with E-state index in [1.807, 2.05) is 41.5 Å². The van der Waals surface area contributed by atoms with Crippen LogP contribution in [-0.4, -0.2) is 22.2 Å². The molecular weight excluding hydrogens is 459 g/mol. The lowest BCUT2D eigenvalue weighted by molar-refractivity contribution is -0.0499. The molecule has 0 amide bonds. The largest absolute Gasteiger partial charge is 0.543 e. The summed E-state index contributed by atoms with van der Waals surface area (Å²) < 4.78 is 101. The molecule has 0 saturated carbocycles. The molecule has 0 fully saturated rings. The molecule has 2 aromatic carbocycles. The Labute approximate surface area is 179 Å². The number of halogens is 5. The fourth-order valence-electron chi connectivity index (χ4n) is 4.18. The number of hydrogen-bond donors (Lipinski definition) is 0.